The minimum atomic E-state index is -1.03. The summed E-state index contributed by atoms with van der Waals surface area (Å²) in [6.45, 7) is 1.80. The molecule has 0 aliphatic rings. The second-order valence-corrected chi connectivity index (χ2v) is 6.93. The summed E-state index contributed by atoms with van der Waals surface area (Å²) < 4.78 is 6.95. The number of ether oxygens (including phenoxy) is 1. The summed E-state index contributed by atoms with van der Waals surface area (Å²) in [5.74, 6) is -1.06. The Labute approximate surface area is 181 Å². The molecule has 0 spiro atoms. The standard InChI is InChI=1S/C20H17ClN4O6/c1-12-8-15(2-3-17(12)21)31-16-10-13(9-14(11-16)25(29)30)23-20(28)18-4-6-22-24(18)7-5-19(26)27/h2-4,6,8-11H,5,7H2,1H3,(H,23,28)(H,26,27). The van der Waals surface area contributed by atoms with Crippen LogP contribution in [0.25, 0.3) is 0 Å². The summed E-state index contributed by atoms with van der Waals surface area (Å²) in [5, 5.41) is 27.2. The number of carboxylic acid groups (broad SMARTS) is 1. The van der Waals surface area contributed by atoms with Gasteiger partial charge in [-0.2, -0.15) is 5.10 Å². The number of amides is 1. The van der Waals surface area contributed by atoms with Crippen molar-refractivity contribution in [3.63, 3.8) is 0 Å². The molecule has 0 aliphatic heterocycles. The minimum Gasteiger partial charge on any atom is -0.481 e. The number of nitro groups is 1. The quantitative estimate of drug-likeness (QED) is 0.391. The number of carbonyl (C=O) groups excluding carboxylic acids is 1. The number of hydrogen-bond donors (Lipinski definition) is 2. The van der Waals surface area contributed by atoms with Gasteiger partial charge in [-0.05, 0) is 36.8 Å². The van der Waals surface area contributed by atoms with Crippen LogP contribution in [0.2, 0.25) is 5.02 Å². The summed E-state index contributed by atoms with van der Waals surface area (Å²) >= 11 is 6.00. The van der Waals surface area contributed by atoms with E-state index >= 15 is 0 Å². The average molecular weight is 445 g/mol. The Morgan fingerprint density at radius 3 is 2.68 bits per heavy atom. The largest absolute Gasteiger partial charge is 0.481 e. The van der Waals surface area contributed by atoms with Crippen molar-refractivity contribution in [2.24, 2.45) is 0 Å². The molecule has 2 N–H and O–H groups in total. The number of aromatic nitrogens is 2. The van der Waals surface area contributed by atoms with Gasteiger partial charge in [0.15, 0.2) is 0 Å². The zero-order chi connectivity index (χ0) is 22.5. The summed E-state index contributed by atoms with van der Waals surface area (Å²) in [6.07, 6.45) is 1.15. The van der Waals surface area contributed by atoms with Crippen LogP contribution in [0.3, 0.4) is 0 Å². The molecule has 0 bridgehead atoms. The van der Waals surface area contributed by atoms with Gasteiger partial charge in [-0.25, -0.2) is 0 Å². The lowest BCUT2D eigenvalue weighted by Gasteiger charge is -2.11. The predicted molar refractivity (Wildman–Crippen MR) is 112 cm³/mol. The predicted octanol–water partition coefficient (Wildman–Crippen LogP) is 4.27. The van der Waals surface area contributed by atoms with Gasteiger partial charge in [0.2, 0.25) is 0 Å². The lowest BCUT2D eigenvalue weighted by Crippen LogP contribution is -2.19. The van der Waals surface area contributed by atoms with Gasteiger partial charge in [-0.15, -0.1) is 0 Å². The molecule has 0 radical (unpaired) electrons. The van der Waals surface area contributed by atoms with E-state index in [1.165, 1.54) is 35.1 Å². The monoisotopic (exact) mass is 444 g/mol. The van der Waals surface area contributed by atoms with Crippen LogP contribution in [0.4, 0.5) is 11.4 Å². The number of benzene rings is 2. The summed E-state index contributed by atoms with van der Waals surface area (Å²) in [7, 11) is 0. The van der Waals surface area contributed by atoms with E-state index in [0.717, 1.165) is 5.56 Å². The van der Waals surface area contributed by atoms with Crippen LogP contribution >= 0.6 is 11.6 Å². The van der Waals surface area contributed by atoms with E-state index in [4.69, 9.17) is 21.4 Å². The lowest BCUT2D eigenvalue weighted by molar-refractivity contribution is -0.384. The van der Waals surface area contributed by atoms with Crippen molar-refractivity contribution in [1.82, 2.24) is 9.78 Å². The van der Waals surface area contributed by atoms with E-state index in [0.29, 0.717) is 10.8 Å². The second kappa shape index (κ2) is 9.26. The zero-order valence-electron chi connectivity index (χ0n) is 16.2. The van der Waals surface area contributed by atoms with Gasteiger partial charge in [0.1, 0.15) is 17.2 Å². The highest BCUT2D eigenvalue weighted by Gasteiger charge is 2.17. The molecule has 0 atom stereocenters. The highest BCUT2D eigenvalue weighted by atomic mass is 35.5. The second-order valence-electron chi connectivity index (χ2n) is 6.52. The van der Waals surface area contributed by atoms with Crippen LogP contribution in [0, 0.1) is 17.0 Å². The third kappa shape index (κ3) is 5.58. The first-order chi connectivity index (χ1) is 14.7. The lowest BCUT2D eigenvalue weighted by atomic mass is 10.2. The molecule has 0 fully saturated rings. The molecule has 1 heterocycles. The van der Waals surface area contributed by atoms with Gasteiger partial charge < -0.3 is 15.2 Å². The molecule has 10 nitrogen and oxygen atoms in total. The van der Waals surface area contributed by atoms with Crippen LogP contribution in [0.5, 0.6) is 11.5 Å². The number of aliphatic carboxylic acids is 1. The first-order valence-corrected chi connectivity index (χ1v) is 9.39. The molecule has 0 unspecified atom stereocenters. The van der Waals surface area contributed by atoms with Crippen molar-refractivity contribution in [2.75, 3.05) is 5.32 Å². The molecule has 0 aliphatic carbocycles. The van der Waals surface area contributed by atoms with Crippen LogP contribution in [-0.4, -0.2) is 31.7 Å². The molecule has 160 valence electrons. The average Bonchev–Trinajstić information content (AvgIpc) is 3.18. The van der Waals surface area contributed by atoms with E-state index < -0.39 is 16.8 Å². The molecule has 1 amide bonds. The van der Waals surface area contributed by atoms with Crippen molar-refractivity contribution < 1.29 is 24.4 Å². The SMILES string of the molecule is Cc1cc(Oc2cc(NC(=O)c3ccnn3CCC(=O)O)cc([N+](=O)[O-])c2)ccc1Cl. The fourth-order valence-corrected chi connectivity index (χ4v) is 2.85. The maximum atomic E-state index is 12.6. The number of nitro benzene ring substituents is 1. The maximum absolute atomic E-state index is 12.6. The molecule has 3 aromatic rings. The number of hydrogen-bond acceptors (Lipinski definition) is 6. The molecular formula is C20H17ClN4O6. The Morgan fingerprint density at radius 2 is 2.00 bits per heavy atom. The van der Waals surface area contributed by atoms with Gasteiger partial charge in [0, 0.05) is 23.4 Å². The number of non-ortho nitro benzene ring substituents is 1. The normalized spacial score (nSPS) is 10.5. The topological polar surface area (TPSA) is 137 Å². The van der Waals surface area contributed by atoms with Gasteiger partial charge in [-0.3, -0.25) is 24.4 Å². The van der Waals surface area contributed by atoms with Gasteiger partial charge >= 0.3 is 5.97 Å². The zero-order valence-corrected chi connectivity index (χ0v) is 17.0. The fourth-order valence-electron chi connectivity index (χ4n) is 2.74. The number of carboxylic acids is 1. The molecule has 0 saturated carbocycles. The molecule has 1 aromatic heterocycles. The summed E-state index contributed by atoms with van der Waals surface area (Å²) in [4.78, 5) is 34.1. The number of rotatable bonds is 8. The van der Waals surface area contributed by atoms with Crippen LogP contribution in [0.15, 0.2) is 48.7 Å². The highest BCUT2D eigenvalue weighted by molar-refractivity contribution is 6.31. The summed E-state index contributed by atoms with van der Waals surface area (Å²) in [6, 6.07) is 10.2. The number of aryl methyl sites for hydroxylation is 2. The Kier molecular flexibility index (Phi) is 6.51. The first-order valence-electron chi connectivity index (χ1n) is 9.01. The van der Waals surface area contributed by atoms with Crippen molar-refractivity contribution in [1.29, 1.82) is 0 Å². The van der Waals surface area contributed by atoms with Crippen LogP contribution in [-0.2, 0) is 11.3 Å². The molecule has 0 saturated heterocycles. The molecule has 31 heavy (non-hydrogen) atoms. The maximum Gasteiger partial charge on any atom is 0.305 e. The van der Waals surface area contributed by atoms with Crippen LogP contribution < -0.4 is 10.1 Å². The Balaban J connectivity index is 1.85. The minimum absolute atomic E-state index is 0.00427. The summed E-state index contributed by atoms with van der Waals surface area (Å²) in [5.41, 5.74) is 0.736. The van der Waals surface area contributed by atoms with Crippen molar-refractivity contribution in [3.8, 4) is 11.5 Å². The first kappa shape index (κ1) is 21.8. The van der Waals surface area contributed by atoms with E-state index in [2.05, 4.69) is 10.4 Å². The fraction of sp³-hybridized carbons (Fsp3) is 0.150. The number of halogens is 1. The smallest absolute Gasteiger partial charge is 0.305 e. The number of nitrogens with one attached hydrogen (secondary N) is 1. The van der Waals surface area contributed by atoms with Crippen LogP contribution in [0.1, 0.15) is 22.5 Å². The van der Waals surface area contributed by atoms with Crippen molar-refractivity contribution in [3.05, 3.63) is 75.1 Å². The van der Waals surface area contributed by atoms with E-state index in [1.807, 2.05) is 0 Å². The number of anilines is 1. The number of nitrogens with zero attached hydrogens (tertiary/aromatic N) is 3. The third-order valence-corrected chi connectivity index (χ3v) is 4.64. The Bertz CT molecular complexity index is 1160. The Morgan fingerprint density at radius 1 is 1.23 bits per heavy atom. The molecular weight excluding hydrogens is 428 g/mol. The number of carbonyl (C=O) groups is 2. The van der Waals surface area contributed by atoms with E-state index in [1.54, 1.807) is 25.1 Å². The molecule has 11 heteroatoms. The van der Waals surface area contributed by atoms with E-state index in [-0.39, 0.29) is 35.8 Å². The van der Waals surface area contributed by atoms with Crippen molar-refractivity contribution >= 4 is 34.9 Å². The highest BCUT2D eigenvalue weighted by Crippen LogP contribution is 2.31. The van der Waals surface area contributed by atoms with Gasteiger partial charge in [-0.1, -0.05) is 11.6 Å². The Hall–Kier alpha value is -3.92. The molecule has 3 rings (SSSR count). The molecule has 2 aromatic carbocycles. The van der Waals surface area contributed by atoms with E-state index in [9.17, 15) is 19.7 Å². The third-order valence-electron chi connectivity index (χ3n) is 4.21. The van der Waals surface area contributed by atoms with Gasteiger partial charge in [0.05, 0.1) is 29.6 Å². The van der Waals surface area contributed by atoms with Crippen molar-refractivity contribution in [2.45, 2.75) is 19.9 Å². The van der Waals surface area contributed by atoms with Gasteiger partial charge in [0.25, 0.3) is 11.6 Å².